The van der Waals surface area contributed by atoms with E-state index in [9.17, 15) is 23.3 Å². The number of hydrogen-bond donors (Lipinski definition) is 1. The quantitative estimate of drug-likeness (QED) is 0.442. The van der Waals surface area contributed by atoms with E-state index in [1.807, 2.05) is 13.0 Å². The maximum Gasteiger partial charge on any atom is 0.271 e. The number of sulfonamides is 1. The highest BCUT2D eigenvalue weighted by Gasteiger charge is 2.32. The largest absolute Gasteiger partial charge is 0.350 e. The molecule has 0 saturated carbocycles. The number of nitrogens with zero attached hydrogens (tertiary/aromatic N) is 2. The molecule has 0 bridgehead atoms. The lowest BCUT2D eigenvalue weighted by Crippen LogP contribution is -2.49. The minimum Gasteiger partial charge on any atom is -0.350 e. The van der Waals surface area contributed by atoms with Gasteiger partial charge in [-0.05, 0) is 42.0 Å². The highest BCUT2D eigenvalue weighted by atomic mass is 32.2. The summed E-state index contributed by atoms with van der Waals surface area (Å²) >= 11 is 0. The van der Waals surface area contributed by atoms with E-state index in [2.05, 4.69) is 24.4 Å². The highest BCUT2D eigenvalue weighted by molar-refractivity contribution is 7.92. The number of rotatable bonds is 10. The molecule has 8 nitrogen and oxygen atoms in total. The molecular formula is C22H29N3O5S. The molecule has 0 aliphatic rings. The molecule has 0 heterocycles. The van der Waals surface area contributed by atoms with Crippen LogP contribution < -0.4 is 9.62 Å². The number of benzene rings is 2. The molecule has 9 heteroatoms. The zero-order valence-electron chi connectivity index (χ0n) is 18.3. The fraction of sp³-hybridized carbons (Fsp3) is 0.409. The fourth-order valence-electron chi connectivity index (χ4n) is 3.51. The van der Waals surface area contributed by atoms with Crippen LogP contribution in [-0.4, -0.2) is 31.5 Å². The number of amides is 1. The normalized spacial score (nSPS) is 12.3. The third kappa shape index (κ3) is 6.04. The van der Waals surface area contributed by atoms with Crippen LogP contribution in [0.25, 0.3) is 0 Å². The fourth-order valence-corrected chi connectivity index (χ4v) is 4.72. The van der Waals surface area contributed by atoms with Crippen LogP contribution >= 0.6 is 0 Å². The van der Waals surface area contributed by atoms with Gasteiger partial charge in [-0.3, -0.25) is 19.2 Å². The zero-order valence-corrected chi connectivity index (χ0v) is 19.1. The van der Waals surface area contributed by atoms with Crippen molar-refractivity contribution in [1.82, 2.24) is 5.32 Å². The minimum absolute atomic E-state index is 0.0842. The monoisotopic (exact) mass is 447 g/mol. The number of carbonyl (C=O) groups excluding carboxylic acids is 1. The first-order valence-electron chi connectivity index (χ1n) is 10.2. The lowest BCUT2D eigenvalue weighted by molar-refractivity contribution is -0.384. The van der Waals surface area contributed by atoms with Crippen LogP contribution in [-0.2, 0) is 34.2 Å². The minimum atomic E-state index is -3.87. The van der Waals surface area contributed by atoms with Gasteiger partial charge in [0.1, 0.15) is 6.04 Å². The van der Waals surface area contributed by atoms with Gasteiger partial charge in [-0.25, -0.2) is 8.42 Å². The van der Waals surface area contributed by atoms with E-state index >= 15 is 0 Å². The third-order valence-electron chi connectivity index (χ3n) is 5.14. The summed E-state index contributed by atoms with van der Waals surface area (Å²) in [5.74, 6) is -0.455. The van der Waals surface area contributed by atoms with E-state index in [0.717, 1.165) is 46.2 Å². The van der Waals surface area contributed by atoms with E-state index in [0.29, 0.717) is 0 Å². The van der Waals surface area contributed by atoms with Crippen molar-refractivity contribution in [1.29, 1.82) is 0 Å². The smallest absolute Gasteiger partial charge is 0.271 e. The topological polar surface area (TPSA) is 110 Å². The Morgan fingerprint density at radius 2 is 1.81 bits per heavy atom. The van der Waals surface area contributed by atoms with Gasteiger partial charge in [-0.15, -0.1) is 0 Å². The van der Waals surface area contributed by atoms with Gasteiger partial charge in [0, 0.05) is 18.7 Å². The first kappa shape index (κ1) is 24.3. The van der Waals surface area contributed by atoms with Gasteiger partial charge in [-0.2, -0.15) is 0 Å². The molecule has 2 aromatic carbocycles. The second-order valence-electron chi connectivity index (χ2n) is 7.29. The second-order valence-corrected chi connectivity index (χ2v) is 9.15. The molecule has 0 radical (unpaired) electrons. The molecule has 0 aliphatic heterocycles. The Morgan fingerprint density at radius 1 is 1.10 bits per heavy atom. The number of hydrogen-bond acceptors (Lipinski definition) is 5. The summed E-state index contributed by atoms with van der Waals surface area (Å²) in [6.07, 6.45) is 2.88. The van der Waals surface area contributed by atoms with E-state index < -0.39 is 26.9 Å². The average Bonchev–Trinajstić information content (AvgIpc) is 2.74. The van der Waals surface area contributed by atoms with E-state index in [-0.39, 0.29) is 24.3 Å². The summed E-state index contributed by atoms with van der Waals surface area (Å²) in [6, 6.07) is 10.4. The number of non-ortho nitro benzene ring substituents is 1. The molecule has 1 N–H and O–H groups in total. The molecule has 168 valence electrons. The zero-order chi connectivity index (χ0) is 23.2. The molecule has 0 aliphatic carbocycles. The molecule has 0 saturated heterocycles. The molecule has 0 aromatic heterocycles. The Kier molecular flexibility index (Phi) is 8.15. The molecule has 1 atom stereocenters. The van der Waals surface area contributed by atoms with Gasteiger partial charge in [0.2, 0.25) is 15.9 Å². The molecule has 0 unspecified atom stereocenters. The number of nitrogens with one attached hydrogen (secondary N) is 1. The van der Waals surface area contributed by atoms with Gasteiger partial charge in [0.05, 0.1) is 16.9 Å². The van der Waals surface area contributed by atoms with Crippen molar-refractivity contribution in [3.8, 4) is 0 Å². The van der Waals surface area contributed by atoms with Crippen molar-refractivity contribution in [3.63, 3.8) is 0 Å². The summed E-state index contributed by atoms with van der Waals surface area (Å²) in [7, 11) is -3.87. The van der Waals surface area contributed by atoms with Crippen molar-refractivity contribution in [2.75, 3.05) is 10.6 Å². The van der Waals surface area contributed by atoms with Crippen molar-refractivity contribution >= 4 is 27.3 Å². The number of nitro benzene ring substituents is 1. The number of anilines is 1. The Labute approximate surface area is 183 Å². The summed E-state index contributed by atoms with van der Waals surface area (Å²) < 4.78 is 26.1. The van der Waals surface area contributed by atoms with Crippen LogP contribution in [0.1, 0.15) is 43.9 Å². The lowest BCUT2D eigenvalue weighted by atomic mass is 10.0. The van der Waals surface area contributed by atoms with Crippen molar-refractivity contribution in [3.05, 3.63) is 69.3 Å². The Morgan fingerprint density at radius 3 is 2.35 bits per heavy atom. The molecule has 2 rings (SSSR count). The summed E-state index contributed by atoms with van der Waals surface area (Å²) in [5.41, 5.74) is 3.10. The van der Waals surface area contributed by atoms with Crippen molar-refractivity contribution in [2.24, 2.45) is 0 Å². The van der Waals surface area contributed by atoms with E-state index in [4.69, 9.17) is 0 Å². The molecule has 1 amide bonds. The first-order chi connectivity index (χ1) is 14.6. The van der Waals surface area contributed by atoms with Gasteiger partial charge < -0.3 is 5.32 Å². The molecule has 2 aromatic rings. The Hall–Kier alpha value is -2.94. The van der Waals surface area contributed by atoms with Crippen LogP contribution in [0.4, 0.5) is 11.4 Å². The Bertz CT molecular complexity index is 1050. The first-order valence-corrected chi connectivity index (χ1v) is 12.1. The molecule has 31 heavy (non-hydrogen) atoms. The van der Waals surface area contributed by atoms with Crippen LogP contribution in [0.15, 0.2) is 42.5 Å². The standard InChI is InChI=1S/C22H29N3O5S/c1-5-16-11-12-17(6-2)18(13-16)15-23-22(26)21(7-3)24(31(4,29)30)19-9-8-10-20(14-19)25(27)28/h8-14,21H,5-7,15H2,1-4H3,(H,23,26)/t21-/m1/s1. The average molecular weight is 448 g/mol. The van der Waals surface area contributed by atoms with Crippen LogP contribution in [0.5, 0.6) is 0 Å². The Balaban J connectivity index is 2.34. The van der Waals surface area contributed by atoms with Gasteiger partial charge in [0.25, 0.3) is 5.69 Å². The number of nitro groups is 1. The van der Waals surface area contributed by atoms with Crippen LogP contribution in [0, 0.1) is 10.1 Å². The predicted molar refractivity (Wildman–Crippen MR) is 122 cm³/mol. The maximum absolute atomic E-state index is 13.0. The molecular weight excluding hydrogens is 418 g/mol. The van der Waals surface area contributed by atoms with E-state index in [1.165, 1.54) is 18.2 Å². The molecule has 0 spiro atoms. The summed E-state index contributed by atoms with van der Waals surface area (Å²) in [6.45, 7) is 6.07. The third-order valence-corrected chi connectivity index (χ3v) is 6.32. The van der Waals surface area contributed by atoms with Crippen molar-refractivity contribution < 1.29 is 18.1 Å². The highest BCUT2D eigenvalue weighted by Crippen LogP contribution is 2.26. The van der Waals surface area contributed by atoms with E-state index in [1.54, 1.807) is 6.92 Å². The second kappa shape index (κ2) is 10.4. The maximum atomic E-state index is 13.0. The van der Waals surface area contributed by atoms with Crippen LogP contribution in [0.3, 0.4) is 0 Å². The predicted octanol–water partition coefficient (Wildman–Crippen LogP) is 3.58. The summed E-state index contributed by atoms with van der Waals surface area (Å²) in [5, 5.41) is 14.0. The SMILES string of the molecule is CCc1ccc(CC)c(CNC(=O)[C@@H](CC)N(c2cccc([N+](=O)[O-])c2)S(C)(=O)=O)c1. The van der Waals surface area contributed by atoms with Gasteiger partial charge in [-0.1, -0.05) is 45.0 Å². The number of aryl methyl sites for hydroxylation is 2. The van der Waals surface area contributed by atoms with Gasteiger partial charge in [0.15, 0.2) is 0 Å². The molecule has 0 fully saturated rings. The van der Waals surface area contributed by atoms with Crippen molar-refractivity contribution in [2.45, 2.75) is 52.6 Å². The lowest BCUT2D eigenvalue weighted by Gasteiger charge is -2.30. The number of carbonyl (C=O) groups is 1. The summed E-state index contributed by atoms with van der Waals surface area (Å²) in [4.78, 5) is 23.6. The van der Waals surface area contributed by atoms with Crippen LogP contribution in [0.2, 0.25) is 0 Å². The van der Waals surface area contributed by atoms with Gasteiger partial charge >= 0.3 is 0 Å².